The fourth-order valence-electron chi connectivity index (χ4n) is 7.42. The maximum absolute atomic E-state index is 13.6. The molecule has 0 radical (unpaired) electrons. The molecular formula is C43H71N9O23. The van der Waals surface area contributed by atoms with Crippen LogP contribution in [0, 0.1) is 0 Å². The molecule has 0 bridgehead atoms. The number of aliphatic hydroxyl groups is 5. The molecule has 18 N–H and O–H groups in total. The highest BCUT2D eigenvalue weighted by atomic mass is 16.7. The lowest BCUT2D eigenvalue weighted by Crippen LogP contribution is -2.70. The van der Waals surface area contributed by atoms with Gasteiger partial charge in [0.1, 0.15) is 91.1 Å². The lowest BCUT2D eigenvalue weighted by atomic mass is 9.94. The quantitative estimate of drug-likeness (QED) is 0.0297. The third-order valence-corrected chi connectivity index (χ3v) is 11.6. The van der Waals surface area contributed by atoms with Crippen molar-refractivity contribution >= 4 is 65.2 Å². The van der Waals surface area contributed by atoms with Gasteiger partial charge in [-0.05, 0) is 53.4 Å². The lowest BCUT2D eigenvalue weighted by Gasteiger charge is -2.48. The fourth-order valence-corrected chi connectivity index (χ4v) is 7.42. The molecule has 2 heterocycles. The second kappa shape index (κ2) is 31.0. The molecule has 17 atom stereocenters. The van der Waals surface area contributed by atoms with Gasteiger partial charge in [0, 0.05) is 26.8 Å². The number of nitrogens with one attached hydrogen (secondary N) is 8. The summed E-state index contributed by atoms with van der Waals surface area (Å²) in [5.41, 5.74) is 5.36. The van der Waals surface area contributed by atoms with Gasteiger partial charge in [0.25, 0.3) is 0 Å². The number of unbranched alkanes of at least 4 members (excludes halogenated alkanes) is 1. The summed E-state index contributed by atoms with van der Waals surface area (Å²) in [4.78, 5) is 137. The number of ether oxygens (including phenoxy) is 4. The zero-order chi connectivity index (χ0) is 57.0. The Morgan fingerprint density at radius 1 is 0.587 bits per heavy atom. The number of aliphatic hydroxyl groups excluding tert-OH is 5. The number of rotatable bonds is 30. The molecule has 2 fully saturated rings. The van der Waals surface area contributed by atoms with E-state index in [4.69, 9.17) is 34.9 Å². The number of carbonyl (C=O) groups is 11. The van der Waals surface area contributed by atoms with Crippen molar-refractivity contribution in [2.24, 2.45) is 5.73 Å². The summed E-state index contributed by atoms with van der Waals surface area (Å²) in [6.45, 7) is 5.13. The molecule has 75 heavy (non-hydrogen) atoms. The van der Waals surface area contributed by atoms with Gasteiger partial charge in [-0.1, -0.05) is 0 Å². The molecule has 0 aromatic heterocycles. The van der Waals surface area contributed by atoms with Crippen LogP contribution in [0.25, 0.3) is 0 Å². The first kappa shape index (κ1) is 64.9. The van der Waals surface area contributed by atoms with Crippen LogP contribution in [0.1, 0.15) is 80.1 Å². The standard InChI is InChI=1S/C43H71N9O23/c1-16(35(61)48-18(3)39(65)66)47-38(64)23(9-7-8-12-45-28(58)13-22(44)40(67)68)51-27(57)11-10-24(41(69)70)52-36(62)17(2)46-37(63)19(4)72-34-30(50-21(6)56)42(71)73-26(15-54)33(34)75-43-29(49-20(5)55)32(60)31(59)25(14-53)74-43/h16-19,22-26,29-34,42-43,53-54,59-60,71H,7-15,44H2,1-6H3,(H,45,58)(H,46,63)(H,47,64)(H,48,61)(H,49,55)(H,50,56)(H,51,57)(H,52,62)(H,65,66)(H,67,68)(H,69,70)/t16-,17+,18-,19-,22-,23+,24-,25-,26-,29-,30-,31-,32-,33-,34-,42-,43+/m1/s1. The molecule has 32 nitrogen and oxygen atoms in total. The Labute approximate surface area is 428 Å². The van der Waals surface area contributed by atoms with E-state index in [2.05, 4.69) is 42.5 Å². The number of hydrogen-bond donors (Lipinski definition) is 17. The van der Waals surface area contributed by atoms with Crippen LogP contribution in [0.4, 0.5) is 0 Å². The van der Waals surface area contributed by atoms with E-state index in [1.54, 1.807) is 0 Å². The van der Waals surface area contributed by atoms with Crippen molar-refractivity contribution in [2.75, 3.05) is 19.8 Å². The number of carbonyl (C=O) groups excluding carboxylic acids is 8. The van der Waals surface area contributed by atoms with Gasteiger partial charge >= 0.3 is 17.9 Å². The summed E-state index contributed by atoms with van der Waals surface area (Å²) in [5.74, 6) is -11.3. The molecule has 0 unspecified atom stereocenters. The summed E-state index contributed by atoms with van der Waals surface area (Å²) >= 11 is 0. The van der Waals surface area contributed by atoms with Gasteiger partial charge < -0.3 is 108 Å². The highest BCUT2D eigenvalue weighted by Gasteiger charge is 2.53. The molecule has 426 valence electrons. The predicted octanol–water partition coefficient (Wildman–Crippen LogP) is -8.18. The summed E-state index contributed by atoms with van der Waals surface area (Å²) in [7, 11) is 0. The monoisotopic (exact) mass is 1080 g/mol. The average molecular weight is 1080 g/mol. The molecule has 2 aliphatic rings. The van der Waals surface area contributed by atoms with Crippen molar-refractivity contribution in [1.29, 1.82) is 0 Å². The van der Waals surface area contributed by atoms with E-state index < -0.39 is 201 Å². The van der Waals surface area contributed by atoms with Crippen molar-refractivity contribution < 1.29 is 113 Å². The normalized spacial score (nSPS) is 26.2. The van der Waals surface area contributed by atoms with E-state index in [0.29, 0.717) is 0 Å². The van der Waals surface area contributed by atoms with Gasteiger partial charge in [-0.2, -0.15) is 0 Å². The third kappa shape index (κ3) is 20.8. The zero-order valence-corrected chi connectivity index (χ0v) is 42.0. The highest BCUT2D eigenvalue weighted by molar-refractivity contribution is 5.94. The Morgan fingerprint density at radius 2 is 1.15 bits per heavy atom. The number of hydrogen-bond acceptors (Lipinski definition) is 21. The van der Waals surface area contributed by atoms with Crippen molar-refractivity contribution in [2.45, 2.75) is 184 Å². The SMILES string of the molecule is CC(=O)N[C@@H]1[C@@H](O[C@H](C)C(=O)N[C@@H](C)C(=O)N[C@H](CCC(=O)N[C@@H](CCCCNC(=O)C[C@@H](N)C(=O)O)C(=O)N[C@H](C)C(=O)N[C@H](C)C(=O)O)C(=O)O)[C@H](O[C@@H]2O[C@H](CO)[C@@H](O)[C@H](O)[C@H]2NC(C)=O)[C@@H](CO)O[C@H]1O. The smallest absolute Gasteiger partial charge is 0.326 e. The van der Waals surface area contributed by atoms with E-state index in [1.807, 2.05) is 0 Å². The third-order valence-electron chi connectivity index (χ3n) is 11.6. The number of carboxylic acid groups (broad SMARTS) is 3. The van der Waals surface area contributed by atoms with Gasteiger partial charge in [-0.15, -0.1) is 0 Å². The number of carboxylic acids is 3. The van der Waals surface area contributed by atoms with Gasteiger partial charge in [-0.3, -0.25) is 47.9 Å². The van der Waals surface area contributed by atoms with Gasteiger partial charge in [-0.25, -0.2) is 4.79 Å². The molecule has 2 saturated heterocycles. The fraction of sp³-hybridized carbons (Fsp3) is 0.744. The topological polar surface area (TPSA) is 509 Å². The second-order valence-corrected chi connectivity index (χ2v) is 17.8. The number of aliphatic carboxylic acids is 3. The molecule has 2 rings (SSSR count). The predicted molar refractivity (Wildman–Crippen MR) is 248 cm³/mol. The van der Waals surface area contributed by atoms with Crippen molar-refractivity contribution in [1.82, 2.24) is 42.5 Å². The molecule has 32 heteroatoms. The van der Waals surface area contributed by atoms with Gasteiger partial charge in [0.2, 0.25) is 47.3 Å². The minimum Gasteiger partial charge on any atom is -0.480 e. The summed E-state index contributed by atoms with van der Waals surface area (Å²) in [6.07, 6.45) is -16.6. The number of nitrogens with two attached hydrogens (primary N) is 1. The van der Waals surface area contributed by atoms with Crippen LogP contribution in [-0.4, -0.2) is 229 Å². The molecule has 0 saturated carbocycles. The molecule has 8 amide bonds. The molecule has 0 aliphatic carbocycles. The minimum atomic E-state index is -1.92. The van der Waals surface area contributed by atoms with Gasteiger partial charge in [0.15, 0.2) is 12.6 Å². The Bertz CT molecular complexity index is 2020. The van der Waals surface area contributed by atoms with Crippen molar-refractivity contribution in [3.8, 4) is 0 Å². The summed E-state index contributed by atoms with van der Waals surface area (Å²) in [6, 6.07) is -11.8. The van der Waals surface area contributed by atoms with E-state index >= 15 is 0 Å². The van der Waals surface area contributed by atoms with E-state index in [-0.39, 0.29) is 25.8 Å². The first-order valence-electron chi connectivity index (χ1n) is 23.7. The Hall–Kier alpha value is -6.23. The molecule has 0 spiro atoms. The maximum Gasteiger partial charge on any atom is 0.326 e. The van der Waals surface area contributed by atoms with E-state index in [0.717, 1.165) is 27.7 Å². The minimum absolute atomic E-state index is 0.00892. The molecule has 0 aromatic carbocycles. The molecule has 2 aliphatic heterocycles. The van der Waals surface area contributed by atoms with E-state index in [9.17, 15) is 83.4 Å². The Balaban J connectivity index is 2.20. The van der Waals surface area contributed by atoms with Gasteiger partial charge in [0.05, 0.1) is 19.6 Å². The Kier molecular flexibility index (Phi) is 26.8. The number of amides is 8. The van der Waals surface area contributed by atoms with Crippen LogP contribution >= 0.6 is 0 Å². The molecule has 0 aromatic rings. The maximum atomic E-state index is 13.6. The highest BCUT2D eigenvalue weighted by Crippen LogP contribution is 2.31. The second-order valence-electron chi connectivity index (χ2n) is 17.8. The van der Waals surface area contributed by atoms with E-state index in [1.165, 1.54) is 13.8 Å². The Morgan fingerprint density at radius 3 is 1.69 bits per heavy atom. The van der Waals surface area contributed by atoms with Crippen LogP contribution in [-0.2, 0) is 71.7 Å². The lowest BCUT2D eigenvalue weighted by molar-refractivity contribution is -0.333. The van der Waals surface area contributed by atoms with Crippen LogP contribution in [0.3, 0.4) is 0 Å². The zero-order valence-electron chi connectivity index (χ0n) is 42.0. The first-order chi connectivity index (χ1) is 35.0. The summed E-state index contributed by atoms with van der Waals surface area (Å²) in [5, 5.41) is 98.9. The van der Waals surface area contributed by atoms with Crippen LogP contribution in [0.5, 0.6) is 0 Å². The van der Waals surface area contributed by atoms with Crippen LogP contribution < -0.4 is 48.3 Å². The summed E-state index contributed by atoms with van der Waals surface area (Å²) < 4.78 is 23.1. The first-order valence-corrected chi connectivity index (χ1v) is 23.7. The van der Waals surface area contributed by atoms with Crippen LogP contribution in [0.15, 0.2) is 0 Å². The van der Waals surface area contributed by atoms with Crippen molar-refractivity contribution in [3.05, 3.63) is 0 Å². The average Bonchev–Trinajstić information content (AvgIpc) is 3.32. The van der Waals surface area contributed by atoms with Crippen molar-refractivity contribution in [3.63, 3.8) is 0 Å². The largest absolute Gasteiger partial charge is 0.480 e. The molecular weight excluding hydrogens is 1010 g/mol. The van der Waals surface area contributed by atoms with Crippen LogP contribution in [0.2, 0.25) is 0 Å².